The maximum Gasteiger partial charge on any atom is 0.244 e. The van der Waals surface area contributed by atoms with E-state index < -0.39 is 0 Å². The second kappa shape index (κ2) is 6.97. The van der Waals surface area contributed by atoms with Crippen LogP contribution in [0.25, 0.3) is 0 Å². The predicted octanol–water partition coefficient (Wildman–Crippen LogP) is -0.927. The minimum absolute atomic E-state index is 0. The van der Waals surface area contributed by atoms with Gasteiger partial charge in [-0.05, 0) is 6.42 Å². The molecule has 0 amide bonds. The van der Waals surface area contributed by atoms with Crippen LogP contribution < -0.4 is 17.0 Å². The molecule has 3 nitrogen and oxygen atoms in total. The van der Waals surface area contributed by atoms with E-state index in [0.29, 0.717) is 6.54 Å². The van der Waals surface area contributed by atoms with Gasteiger partial charge in [-0.1, -0.05) is 37.3 Å². The van der Waals surface area contributed by atoms with Crippen LogP contribution >= 0.6 is 0 Å². The van der Waals surface area contributed by atoms with Crippen molar-refractivity contribution in [3.63, 3.8) is 0 Å². The van der Waals surface area contributed by atoms with Crippen LogP contribution in [0.1, 0.15) is 23.7 Å². The first-order valence-electron chi connectivity index (χ1n) is 5.92. The van der Waals surface area contributed by atoms with Crippen molar-refractivity contribution in [2.24, 2.45) is 0 Å². The number of benzene rings is 1. The summed E-state index contributed by atoms with van der Waals surface area (Å²) >= 11 is 0. The lowest BCUT2D eigenvalue weighted by Gasteiger charge is -1.97. The first-order valence-corrected chi connectivity index (χ1v) is 5.92. The number of carbonyl (C=O) groups is 1. The van der Waals surface area contributed by atoms with E-state index in [2.05, 4.69) is 11.5 Å². The molecule has 0 fully saturated rings. The maximum atomic E-state index is 12.0. The average molecular weight is 265 g/mol. The average Bonchev–Trinajstić information content (AvgIpc) is 2.78. The van der Waals surface area contributed by atoms with E-state index in [0.717, 1.165) is 18.5 Å². The topological polar surface area (TPSA) is 25.9 Å². The SMILES string of the molecule is CCCn1cc[n+](CC(=O)c2ccccc2)c1.[Cl-]. The fourth-order valence-electron chi connectivity index (χ4n) is 1.80. The molecule has 18 heavy (non-hydrogen) atoms. The number of imidazole rings is 1. The molecule has 0 bridgehead atoms. The number of halogens is 1. The van der Waals surface area contributed by atoms with Crippen LogP contribution in [-0.4, -0.2) is 10.4 Å². The van der Waals surface area contributed by atoms with Crippen molar-refractivity contribution in [1.29, 1.82) is 0 Å². The number of aryl methyl sites for hydroxylation is 1. The van der Waals surface area contributed by atoms with Gasteiger partial charge in [0.25, 0.3) is 0 Å². The van der Waals surface area contributed by atoms with Crippen LogP contribution in [0.4, 0.5) is 0 Å². The van der Waals surface area contributed by atoms with E-state index in [1.807, 2.05) is 53.6 Å². The Kier molecular flexibility index (Phi) is 5.59. The molecule has 1 aromatic carbocycles. The zero-order chi connectivity index (χ0) is 12.1. The molecule has 4 heteroatoms. The quantitative estimate of drug-likeness (QED) is 0.506. The Balaban J connectivity index is 0.00000162. The van der Waals surface area contributed by atoms with E-state index in [9.17, 15) is 4.79 Å². The molecule has 0 aliphatic heterocycles. The third-order valence-electron chi connectivity index (χ3n) is 2.65. The Hall–Kier alpha value is -1.61. The predicted molar refractivity (Wildman–Crippen MR) is 65.7 cm³/mol. The van der Waals surface area contributed by atoms with Crippen molar-refractivity contribution in [1.82, 2.24) is 4.57 Å². The molecule has 0 unspecified atom stereocenters. The Bertz CT molecular complexity index is 494. The molecular weight excluding hydrogens is 248 g/mol. The lowest BCUT2D eigenvalue weighted by molar-refractivity contribution is -0.682. The Morgan fingerprint density at radius 3 is 2.67 bits per heavy atom. The number of nitrogens with zero attached hydrogens (tertiary/aromatic N) is 2. The molecule has 2 rings (SSSR count). The zero-order valence-corrected chi connectivity index (χ0v) is 11.2. The van der Waals surface area contributed by atoms with Gasteiger partial charge in [-0.3, -0.25) is 4.79 Å². The Labute approximate surface area is 113 Å². The van der Waals surface area contributed by atoms with Gasteiger partial charge in [-0.2, -0.15) is 0 Å². The van der Waals surface area contributed by atoms with Gasteiger partial charge in [-0.15, -0.1) is 0 Å². The van der Waals surface area contributed by atoms with E-state index in [1.165, 1.54) is 0 Å². The molecule has 0 spiro atoms. The molecule has 0 aliphatic rings. The minimum Gasteiger partial charge on any atom is -1.00 e. The van der Waals surface area contributed by atoms with Gasteiger partial charge in [0.2, 0.25) is 12.1 Å². The van der Waals surface area contributed by atoms with E-state index in [4.69, 9.17) is 0 Å². The van der Waals surface area contributed by atoms with Crippen LogP contribution in [0.2, 0.25) is 0 Å². The lowest BCUT2D eigenvalue weighted by Crippen LogP contribution is -3.00. The van der Waals surface area contributed by atoms with Crippen LogP contribution in [0, 0.1) is 0 Å². The molecule has 0 aliphatic carbocycles. The second-order valence-corrected chi connectivity index (χ2v) is 4.11. The third-order valence-corrected chi connectivity index (χ3v) is 2.65. The molecule has 0 N–H and O–H groups in total. The normalized spacial score (nSPS) is 9.83. The zero-order valence-electron chi connectivity index (χ0n) is 10.4. The number of Topliss-reactive ketones (excluding diaryl/α,β-unsaturated/α-hetero) is 1. The summed E-state index contributed by atoms with van der Waals surface area (Å²) in [5.41, 5.74) is 0.767. The van der Waals surface area contributed by atoms with Gasteiger partial charge in [-0.25, -0.2) is 9.13 Å². The first-order chi connectivity index (χ1) is 8.29. The molecule has 0 saturated carbocycles. The highest BCUT2D eigenvalue weighted by molar-refractivity contribution is 5.94. The van der Waals surface area contributed by atoms with Gasteiger partial charge in [0.15, 0.2) is 6.54 Å². The van der Waals surface area contributed by atoms with Crippen molar-refractivity contribution in [3.8, 4) is 0 Å². The summed E-state index contributed by atoms with van der Waals surface area (Å²) < 4.78 is 4.02. The lowest BCUT2D eigenvalue weighted by atomic mass is 10.1. The van der Waals surface area contributed by atoms with Crippen LogP contribution in [0.5, 0.6) is 0 Å². The molecule has 0 saturated heterocycles. The summed E-state index contributed by atoms with van der Waals surface area (Å²) in [6, 6.07) is 9.40. The third kappa shape index (κ3) is 3.70. The van der Waals surface area contributed by atoms with Gasteiger partial charge in [0.1, 0.15) is 12.4 Å². The minimum atomic E-state index is 0. The second-order valence-electron chi connectivity index (χ2n) is 4.11. The van der Waals surface area contributed by atoms with Crippen molar-refractivity contribution >= 4 is 5.78 Å². The fraction of sp³-hybridized carbons (Fsp3) is 0.286. The molecular formula is C14H17ClN2O. The molecule has 1 heterocycles. The molecule has 0 radical (unpaired) electrons. The summed E-state index contributed by atoms with van der Waals surface area (Å²) in [5.74, 6) is 0.143. The Morgan fingerprint density at radius 1 is 1.28 bits per heavy atom. The van der Waals surface area contributed by atoms with Crippen LogP contribution in [-0.2, 0) is 13.1 Å². The summed E-state index contributed by atoms with van der Waals surface area (Å²) in [6.45, 7) is 3.53. The summed E-state index contributed by atoms with van der Waals surface area (Å²) in [5, 5.41) is 0. The van der Waals surface area contributed by atoms with Crippen molar-refractivity contribution in [2.45, 2.75) is 26.4 Å². The number of hydrogen-bond donors (Lipinski definition) is 0. The highest BCUT2D eigenvalue weighted by atomic mass is 35.5. The summed E-state index contributed by atoms with van der Waals surface area (Å²) in [6.07, 6.45) is 7.02. The van der Waals surface area contributed by atoms with E-state index in [1.54, 1.807) is 0 Å². The molecule has 2 aromatic rings. The molecule has 96 valence electrons. The highest BCUT2D eigenvalue weighted by Gasteiger charge is 2.10. The number of ketones is 1. The smallest absolute Gasteiger partial charge is 0.244 e. The molecule has 1 aromatic heterocycles. The Morgan fingerprint density at radius 2 is 2.00 bits per heavy atom. The van der Waals surface area contributed by atoms with E-state index >= 15 is 0 Å². The summed E-state index contributed by atoms with van der Waals surface area (Å²) in [7, 11) is 0. The van der Waals surface area contributed by atoms with E-state index in [-0.39, 0.29) is 18.2 Å². The van der Waals surface area contributed by atoms with Crippen LogP contribution in [0.15, 0.2) is 49.1 Å². The van der Waals surface area contributed by atoms with Crippen LogP contribution in [0.3, 0.4) is 0 Å². The monoisotopic (exact) mass is 264 g/mol. The highest BCUT2D eigenvalue weighted by Crippen LogP contribution is 1.99. The van der Waals surface area contributed by atoms with Crippen molar-refractivity contribution in [2.75, 3.05) is 0 Å². The maximum absolute atomic E-state index is 12.0. The molecule has 0 atom stereocenters. The van der Waals surface area contributed by atoms with Gasteiger partial charge in [0.05, 0.1) is 6.54 Å². The largest absolute Gasteiger partial charge is 1.00 e. The summed E-state index contributed by atoms with van der Waals surface area (Å²) in [4.78, 5) is 12.0. The first kappa shape index (κ1) is 14.5. The van der Waals surface area contributed by atoms with Gasteiger partial charge < -0.3 is 12.4 Å². The fourth-order valence-corrected chi connectivity index (χ4v) is 1.80. The standard InChI is InChI=1S/C14H17N2O.ClH/c1-2-8-15-9-10-16(12-15)11-14(17)13-6-4-3-5-7-13;/h3-7,9-10,12H,2,8,11H2,1H3;1H/q+1;/p-1. The number of carbonyl (C=O) groups excluding carboxylic acids is 1. The van der Waals surface area contributed by atoms with Gasteiger partial charge in [0, 0.05) is 5.56 Å². The van der Waals surface area contributed by atoms with Crippen molar-refractivity contribution < 1.29 is 21.8 Å². The number of hydrogen-bond acceptors (Lipinski definition) is 1. The number of rotatable bonds is 5. The van der Waals surface area contributed by atoms with Crippen molar-refractivity contribution in [3.05, 3.63) is 54.6 Å². The van der Waals surface area contributed by atoms with Gasteiger partial charge >= 0.3 is 0 Å². The number of aromatic nitrogens is 2.